The van der Waals surface area contributed by atoms with Crippen LogP contribution in [0.1, 0.15) is 401 Å². The van der Waals surface area contributed by atoms with Crippen LogP contribution >= 0.6 is 15.6 Å². The summed E-state index contributed by atoms with van der Waals surface area (Å²) in [7, 11) is -9.91. The molecule has 0 aromatic rings. The maximum Gasteiger partial charge on any atom is 0.472 e. The van der Waals surface area contributed by atoms with Gasteiger partial charge in [0, 0.05) is 25.7 Å². The van der Waals surface area contributed by atoms with Gasteiger partial charge >= 0.3 is 39.5 Å². The van der Waals surface area contributed by atoms with Crippen LogP contribution in [0.3, 0.4) is 0 Å². The Bertz CT molecular complexity index is 1820. The van der Waals surface area contributed by atoms with Crippen LogP contribution in [0.2, 0.25) is 0 Å². The lowest BCUT2D eigenvalue weighted by Gasteiger charge is -2.21. The number of hydrogen-bond acceptors (Lipinski definition) is 15. The van der Waals surface area contributed by atoms with Crippen molar-refractivity contribution in [3.05, 3.63) is 0 Å². The maximum absolute atomic E-state index is 13.1. The van der Waals surface area contributed by atoms with Crippen LogP contribution < -0.4 is 0 Å². The molecule has 3 N–H and O–H groups in total. The molecule has 0 aliphatic heterocycles. The SMILES string of the molecule is CCCCCCCCCCCCCCCCCCCCCC(=O)O[C@H](COC(=O)CCCCCCCCCCCCCCCC(C)C)COP(=O)(O)OC[C@@H](O)COP(=O)(O)OC[C@@H](COC(=O)CCCCCCCCCC)OC(=O)CCCCCCCCCCCCCC. The van der Waals surface area contributed by atoms with Crippen molar-refractivity contribution in [3.8, 4) is 0 Å². The number of carbonyl (C=O) groups excluding carboxylic acids is 4. The van der Waals surface area contributed by atoms with Gasteiger partial charge in [-0.05, 0) is 31.6 Å². The molecule has 0 aromatic carbocycles. The van der Waals surface area contributed by atoms with E-state index in [0.717, 1.165) is 102 Å². The molecule has 0 radical (unpaired) electrons. The molecule has 0 aliphatic rings. The van der Waals surface area contributed by atoms with Gasteiger partial charge < -0.3 is 33.8 Å². The van der Waals surface area contributed by atoms with E-state index in [0.29, 0.717) is 25.7 Å². The zero-order chi connectivity index (χ0) is 69.8. The van der Waals surface area contributed by atoms with Crippen LogP contribution in [0.5, 0.6) is 0 Å². The van der Waals surface area contributed by atoms with Gasteiger partial charge in [0.2, 0.25) is 0 Å². The van der Waals surface area contributed by atoms with E-state index in [4.69, 9.17) is 37.0 Å². The van der Waals surface area contributed by atoms with Crippen LogP contribution in [0.25, 0.3) is 0 Å². The predicted molar refractivity (Wildman–Crippen MR) is 386 cm³/mol. The number of hydrogen-bond donors (Lipinski definition) is 3. The number of ether oxygens (including phenoxy) is 4. The highest BCUT2D eigenvalue weighted by Crippen LogP contribution is 2.45. The molecule has 0 saturated heterocycles. The van der Waals surface area contributed by atoms with Crippen molar-refractivity contribution >= 4 is 39.5 Å². The molecule has 0 spiro atoms. The number of aliphatic hydroxyl groups is 1. The Morgan fingerprint density at radius 1 is 0.284 bits per heavy atom. The molecule has 0 rings (SSSR count). The van der Waals surface area contributed by atoms with Gasteiger partial charge in [-0.2, -0.15) is 0 Å². The summed E-state index contributed by atoms with van der Waals surface area (Å²) >= 11 is 0. The van der Waals surface area contributed by atoms with Crippen LogP contribution in [-0.4, -0.2) is 96.7 Å². The fraction of sp³-hybridized carbons (Fsp3) is 0.947. The Labute approximate surface area is 581 Å². The fourth-order valence-corrected chi connectivity index (χ4v) is 13.3. The zero-order valence-electron chi connectivity index (χ0n) is 61.8. The fourth-order valence-electron chi connectivity index (χ4n) is 11.7. The second kappa shape index (κ2) is 69.2. The van der Waals surface area contributed by atoms with E-state index in [1.54, 1.807) is 0 Å². The van der Waals surface area contributed by atoms with Crippen molar-refractivity contribution in [1.82, 2.24) is 0 Å². The van der Waals surface area contributed by atoms with Gasteiger partial charge in [-0.3, -0.25) is 37.3 Å². The summed E-state index contributed by atoms with van der Waals surface area (Å²) in [6, 6.07) is 0. The van der Waals surface area contributed by atoms with Gasteiger partial charge in [0.15, 0.2) is 12.2 Å². The summed E-state index contributed by atoms with van der Waals surface area (Å²) in [5.41, 5.74) is 0. The van der Waals surface area contributed by atoms with E-state index in [1.807, 2.05) is 0 Å². The van der Waals surface area contributed by atoms with Gasteiger partial charge in [-0.1, -0.05) is 349 Å². The summed E-state index contributed by atoms with van der Waals surface area (Å²) in [4.78, 5) is 72.7. The minimum Gasteiger partial charge on any atom is -0.462 e. The first-order valence-corrected chi connectivity index (χ1v) is 42.6. The van der Waals surface area contributed by atoms with E-state index >= 15 is 0 Å². The average molecular weight is 1400 g/mol. The Kier molecular flexibility index (Phi) is 67.7. The summed E-state index contributed by atoms with van der Waals surface area (Å²) in [6.45, 7) is 7.29. The van der Waals surface area contributed by atoms with Gasteiger partial charge in [0.25, 0.3) is 0 Å². The summed E-state index contributed by atoms with van der Waals surface area (Å²) < 4.78 is 68.5. The molecule has 0 saturated carbocycles. The van der Waals surface area contributed by atoms with Gasteiger partial charge in [0.1, 0.15) is 19.3 Å². The third-order valence-corrected chi connectivity index (χ3v) is 19.7. The maximum atomic E-state index is 13.1. The number of unbranched alkanes of at least 4 members (excludes halogenated alkanes) is 48. The Hall–Kier alpha value is -1.94. The minimum atomic E-state index is -4.96. The highest BCUT2D eigenvalue weighted by Gasteiger charge is 2.30. The van der Waals surface area contributed by atoms with E-state index in [2.05, 4.69) is 34.6 Å². The monoisotopic (exact) mass is 1400 g/mol. The van der Waals surface area contributed by atoms with Crippen LogP contribution in [-0.2, 0) is 65.4 Å². The second-order valence-electron chi connectivity index (χ2n) is 27.9. The van der Waals surface area contributed by atoms with Crippen LogP contribution in [0, 0.1) is 5.92 Å². The molecular weight excluding hydrogens is 1250 g/mol. The van der Waals surface area contributed by atoms with E-state index < -0.39 is 97.5 Å². The molecule has 95 heavy (non-hydrogen) atoms. The quantitative estimate of drug-likeness (QED) is 0.0222. The smallest absolute Gasteiger partial charge is 0.462 e. The first kappa shape index (κ1) is 93.1. The number of phosphoric acid groups is 2. The van der Waals surface area contributed by atoms with Gasteiger partial charge in [0.05, 0.1) is 26.4 Å². The average Bonchev–Trinajstić information content (AvgIpc) is 2.04. The van der Waals surface area contributed by atoms with Crippen molar-refractivity contribution in [1.29, 1.82) is 0 Å². The summed E-state index contributed by atoms with van der Waals surface area (Å²) in [5.74, 6) is -1.32. The number of esters is 4. The molecule has 0 amide bonds. The number of phosphoric ester groups is 2. The third-order valence-electron chi connectivity index (χ3n) is 17.8. The Balaban J connectivity index is 5.20. The summed E-state index contributed by atoms with van der Waals surface area (Å²) in [5, 5.41) is 10.6. The second-order valence-corrected chi connectivity index (χ2v) is 30.8. The van der Waals surface area contributed by atoms with Crippen LogP contribution in [0.15, 0.2) is 0 Å². The molecule has 17 nitrogen and oxygen atoms in total. The number of aliphatic hydroxyl groups excluding tert-OH is 1. The molecule has 0 bridgehead atoms. The molecule has 0 heterocycles. The topological polar surface area (TPSA) is 237 Å². The standard InChI is InChI=1S/C76H148O17P2/c1-6-9-12-15-18-21-23-25-26-27-28-29-30-33-38-42-47-52-57-62-76(81)93-72(66-87-74(79)60-55-50-45-40-37-34-31-32-35-39-43-48-53-58-69(4)5)68-91-95(84,85)89-64-70(77)63-88-94(82,83)90-67-71(65-86-73(78)59-54-49-44-20-17-14-11-8-3)92-75(80)61-56-51-46-41-36-24-22-19-16-13-10-7-2/h69-72,77H,6-68H2,1-5H3,(H,82,83)(H,84,85)/t70-,71+,72+/m0/s1. The first-order chi connectivity index (χ1) is 46.0. The largest absolute Gasteiger partial charge is 0.472 e. The molecule has 5 atom stereocenters. The molecule has 0 aliphatic carbocycles. The normalized spacial score (nSPS) is 13.9. The Morgan fingerprint density at radius 2 is 0.484 bits per heavy atom. The highest BCUT2D eigenvalue weighted by molar-refractivity contribution is 7.47. The van der Waals surface area contributed by atoms with E-state index in [-0.39, 0.29) is 25.7 Å². The lowest BCUT2D eigenvalue weighted by molar-refractivity contribution is -0.161. The Morgan fingerprint density at radius 3 is 0.716 bits per heavy atom. The molecule has 0 fully saturated rings. The van der Waals surface area contributed by atoms with Crippen molar-refractivity contribution < 1.29 is 80.2 Å². The zero-order valence-corrected chi connectivity index (χ0v) is 63.6. The van der Waals surface area contributed by atoms with Gasteiger partial charge in [-0.15, -0.1) is 0 Å². The van der Waals surface area contributed by atoms with E-state index in [1.165, 1.54) is 218 Å². The van der Waals surface area contributed by atoms with Gasteiger partial charge in [-0.25, -0.2) is 9.13 Å². The molecule has 564 valence electrons. The molecule has 0 aromatic heterocycles. The lowest BCUT2D eigenvalue weighted by Crippen LogP contribution is -2.30. The van der Waals surface area contributed by atoms with Crippen molar-refractivity contribution in [2.75, 3.05) is 39.6 Å². The molecule has 19 heteroatoms. The number of carbonyl (C=O) groups is 4. The van der Waals surface area contributed by atoms with Crippen LogP contribution in [0.4, 0.5) is 0 Å². The van der Waals surface area contributed by atoms with Crippen molar-refractivity contribution in [2.24, 2.45) is 5.92 Å². The molecular formula is C76H148O17P2. The minimum absolute atomic E-state index is 0.107. The summed E-state index contributed by atoms with van der Waals surface area (Å²) in [6.07, 6.45) is 58.3. The predicted octanol–water partition coefficient (Wildman–Crippen LogP) is 22.5. The lowest BCUT2D eigenvalue weighted by atomic mass is 10.0. The third kappa shape index (κ3) is 70.3. The van der Waals surface area contributed by atoms with Crippen molar-refractivity contribution in [2.45, 2.75) is 419 Å². The number of rotatable bonds is 76. The van der Waals surface area contributed by atoms with Crippen molar-refractivity contribution in [3.63, 3.8) is 0 Å². The first-order valence-electron chi connectivity index (χ1n) is 39.6. The molecule has 2 unspecified atom stereocenters. The highest BCUT2D eigenvalue weighted by atomic mass is 31.2. The van der Waals surface area contributed by atoms with E-state index in [9.17, 15) is 43.2 Å².